The van der Waals surface area contributed by atoms with Gasteiger partial charge in [0.1, 0.15) is 13.2 Å². The van der Waals surface area contributed by atoms with Gasteiger partial charge in [-0.05, 0) is 103 Å². The minimum absolute atomic E-state index is 0.147. The molecule has 0 aliphatic carbocycles. The van der Waals surface area contributed by atoms with Crippen LogP contribution in [0.5, 0.6) is 0 Å². The Morgan fingerprint density at radius 3 is 0.895 bits per heavy atom. The van der Waals surface area contributed by atoms with Crippen molar-refractivity contribution in [2.75, 3.05) is 47.5 Å². The predicted molar refractivity (Wildman–Crippen MR) is 407 cm³/mol. The van der Waals surface area contributed by atoms with Crippen LogP contribution in [0.1, 0.15) is 361 Å². The van der Waals surface area contributed by atoms with Crippen LogP contribution in [0.3, 0.4) is 0 Å². The van der Waals surface area contributed by atoms with Crippen molar-refractivity contribution in [3.8, 4) is 0 Å². The van der Waals surface area contributed by atoms with Crippen LogP contribution in [-0.2, 0) is 33.3 Å². The third-order valence-electron chi connectivity index (χ3n) is 17.5. The van der Waals surface area contributed by atoms with E-state index in [0.29, 0.717) is 23.9 Å². The molecule has 0 saturated heterocycles. The molecular formula is C86H151NO8. The lowest BCUT2D eigenvalue weighted by atomic mass is 10.0. The minimum atomic E-state index is -1.62. The number of carbonyl (C=O) groups excluding carboxylic acids is 3. The Balaban J connectivity index is 4.00. The number of nitrogens with zero attached hydrogens (tertiary/aromatic N) is 1. The van der Waals surface area contributed by atoms with Crippen LogP contribution in [0.2, 0.25) is 0 Å². The maximum atomic E-state index is 13.0. The number of carboxylic acids is 1. The normalized spacial score (nSPS) is 13.2. The Morgan fingerprint density at radius 2 is 0.600 bits per heavy atom. The van der Waals surface area contributed by atoms with E-state index in [1.54, 1.807) is 0 Å². The van der Waals surface area contributed by atoms with Crippen molar-refractivity contribution in [3.63, 3.8) is 0 Å². The van der Waals surface area contributed by atoms with E-state index in [1.807, 2.05) is 21.1 Å². The van der Waals surface area contributed by atoms with Gasteiger partial charge in [0.25, 0.3) is 0 Å². The second-order valence-electron chi connectivity index (χ2n) is 28.0. The standard InChI is InChI=1S/C86H151NO8/c1-6-8-10-12-14-16-18-20-22-24-26-28-30-32-34-36-37-38-39-40-41-42-43-44-45-46-47-49-51-53-55-57-59-61-63-65-67-69-71-73-75-77-84(89)95-82(81-94-86(85(90)91)92-79-78-87(3,4)5)80-93-83(88)76-74-72-70-68-66-64-62-60-58-56-54-52-50-48-35-33-31-29-27-25-23-21-19-17-15-13-11-9-7-2/h8,10,14,16,19-22,25-28,32,34,37-38,40-41,82,86H,6-7,9,11-13,15,17-18,23-24,29-31,33,35-36,39,42-81H2,1-5H3/b10-8-,16-14-,21-19-,22-20-,27-25-,28-26-,34-32-,38-37-,41-40-. The minimum Gasteiger partial charge on any atom is -0.545 e. The Morgan fingerprint density at radius 1 is 0.326 bits per heavy atom. The van der Waals surface area contributed by atoms with Crippen molar-refractivity contribution in [3.05, 3.63) is 109 Å². The molecule has 2 atom stereocenters. The lowest BCUT2D eigenvalue weighted by molar-refractivity contribution is -0.870. The van der Waals surface area contributed by atoms with Crippen molar-refractivity contribution >= 4 is 17.9 Å². The fourth-order valence-electron chi connectivity index (χ4n) is 11.4. The van der Waals surface area contributed by atoms with Gasteiger partial charge in [-0.15, -0.1) is 0 Å². The van der Waals surface area contributed by atoms with Crippen LogP contribution < -0.4 is 5.11 Å². The molecule has 0 heterocycles. The van der Waals surface area contributed by atoms with Crippen molar-refractivity contribution < 1.29 is 42.9 Å². The number of aliphatic carboxylic acids is 1. The average molecular weight is 1330 g/mol. The quantitative estimate of drug-likeness (QED) is 0.0195. The topological polar surface area (TPSA) is 111 Å². The van der Waals surface area contributed by atoms with E-state index in [9.17, 15) is 19.5 Å². The molecular weight excluding hydrogens is 1170 g/mol. The molecule has 9 heteroatoms. The first kappa shape index (κ1) is 91.0. The molecule has 0 amide bonds. The number of allylic oxidation sites excluding steroid dienone is 18. The summed E-state index contributed by atoms with van der Waals surface area (Å²) in [7, 11) is 5.94. The molecule has 0 saturated carbocycles. The van der Waals surface area contributed by atoms with Crippen LogP contribution in [0.15, 0.2) is 109 Å². The van der Waals surface area contributed by atoms with Crippen LogP contribution in [0.25, 0.3) is 0 Å². The van der Waals surface area contributed by atoms with Gasteiger partial charge >= 0.3 is 11.9 Å². The van der Waals surface area contributed by atoms with Gasteiger partial charge in [-0.2, -0.15) is 0 Å². The molecule has 0 rings (SSSR count). The summed E-state index contributed by atoms with van der Waals surface area (Å²) in [6.07, 6.45) is 103. The van der Waals surface area contributed by atoms with Crippen LogP contribution in [0.4, 0.5) is 0 Å². The van der Waals surface area contributed by atoms with Gasteiger partial charge in [0.2, 0.25) is 0 Å². The first-order valence-corrected chi connectivity index (χ1v) is 40.0. The molecule has 2 unspecified atom stereocenters. The van der Waals surface area contributed by atoms with Crippen molar-refractivity contribution in [1.29, 1.82) is 0 Å². The molecule has 95 heavy (non-hydrogen) atoms. The highest BCUT2D eigenvalue weighted by Gasteiger charge is 2.22. The molecule has 9 nitrogen and oxygen atoms in total. The Labute approximate surface area is 587 Å². The number of carboxylic acid groups (broad SMARTS) is 1. The van der Waals surface area contributed by atoms with Crippen molar-refractivity contribution in [1.82, 2.24) is 0 Å². The SMILES string of the molecule is CC/C=C\C/C=C\C/C=C\C/C=C\C/C=C\C/C=C\C/C=C\CCCCCCCCCCCCCCCCCCCCCC(=O)OC(COC(=O)CCCCCCCCCCCCCCCCCCC/C=C\C/C=C\CCCCCCC)COC(OCC[N+](C)(C)C)C(=O)[O-]. The van der Waals surface area contributed by atoms with Crippen LogP contribution in [-0.4, -0.2) is 82.3 Å². The molecule has 0 spiro atoms. The second-order valence-corrected chi connectivity index (χ2v) is 28.0. The summed E-state index contributed by atoms with van der Waals surface area (Å²) in [4.78, 5) is 37.6. The maximum Gasteiger partial charge on any atom is 0.306 e. The highest BCUT2D eigenvalue weighted by atomic mass is 16.7. The van der Waals surface area contributed by atoms with Gasteiger partial charge in [0.15, 0.2) is 12.4 Å². The number of esters is 2. The predicted octanol–water partition coefficient (Wildman–Crippen LogP) is 24.4. The molecule has 548 valence electrons. The van der Waals surface area contributed by atoms with Gasteiger partial charge in [0, 0.05) is 12.8 Å². The lowest BCUT2D eigenvalue weighted by Crippen LogP contribution is -2.44. The largest absolute Gasteiger partial charge is 0.545 e. The van der Waals surface area contributed by atoms with Gasteiger partial charge in [0.05, 0.1) is 40.3 Å². The summed E-state index contributed by atoms with van der Waals surface area (Å²) in [5.74, 6) is -2.26. The van der Waals surface area contributed by atoms with Gasteiger partial charge in [-0.25, -0.2) is 0 Å². The molecule has 0 N–H and O–H groups in total. The highest BCUT2D eigenvalue weighted by molar-refractivity contribution is 5.70. The second kappa shape index (κ2) is 75.7. The van der Waals surface area contributed by atoms with Gasteiger partial charge in [-0.3, -0.25) is 9.59 Å². The molecule has 0 aliphatic heterocycles. The van der Waals surface area contributed by atoms with E-state index >= 15 is 0 Å². The smallest absolute Gasteiger partial charge is 0.306 e. The first-order chi connectivity index (χ1) is 46.6. The Bertz CT molecular complexity index is 1930. The average Bonchev–Trinajstić information content (AvgIpc) is 3.54. The molecule has 0 aromatic carbocycles. The van der Waals surface area contributed by atoms with Gasteiger partial charge in [-0.1, -0.05) is 354 Å². The Hall–Kier alpha value is -4.05. The summed E-state index contributed by atoms with van der Waals surface area (Å²) in [6.45, 7) is 4.67. The number of likely N-dealkylation sites (N-methyl/N-ethyl adjacent to an activating group) is 1. The highest BCUT2D eigenvalue weighted by Crippen LogP contribution is 2.19. The zero-order valence-corrected chi connectivity index (χ0v) is 62.8. The van der Waals surface area contributed by atoms with Crippen LogP contribution in [0, 0.1) is 0 Å². The molecule has 0 aromatic heterocycles. The number of hydrogen-bond donors (Lipinski definition) is 0. The maximum absolute atomic E-state index is 13.0. The summed E-state index contributed by atoms with van der Waals surface area (Å²) >= 11 is 0. The fourth-order valence-corrected chi connectivity index (χ4v) is 11.4. The number of hydrogen-bond acceptors (Lipinski definition) is 8. The number of unbranched alkanes of at least 4 members (excludes halogenated alkanes) is 41. The number of rotatable bonds is 74. The third kappa shape index (κ3) is 77.2. The molecule has 0 fully saturated rings. The van der Waals surface area contributed by atoms with Gasteiger partial charge < -0.3 is 33.3 Å². The van der Waals surface area contributed by atoms with E-state index in [0.717, 1.165) is 83.5 Å². The molecule has 0 radical (unpaired) electrons. The van der Waals surface area contributed by atoms with E-state index in [-0.39, 0.29) is 32.2 Å². The first-order valence-electron chi connectivity index (χ1n) is 40.0. The van der Waals surface area contributed by atoms with E-state index < -0.39 is 24.3 Å². The lowest BCUT2D eigenvalue weighted by Gasteiger charge is -2.26. The van der Waals surface area contributed by atoms with E-state index in [4.69, 9.17) is 18.9 Å². The van der Waals surface area contributed by atoms with Crippen LogP contribution >= 0.6 is 0 Å². The third-order valence-corrected chi connectivity index (χ3v) is 17.5. The summed E-state index contributed by atoms with van der Waals surface area (Å²) in [5.41, 5.74) is 0. The zero-order valence-electron chi connectivity index (χ0n) is 62.8. The fraction of sp³-hybridized carbons (Fsp3) is 0.756. The molecule has 0 bridgehead atoms. The summed E-state index contributed by atoms with van der Waals surface area (Å²) in [6, 6.07) is 0. The van der Waals surface area contributed by atoms with Crippen molar-refractivity contribution in [2.24, 2.45) is 0 Å². The summed E-state index contributed by atoms with van der Waals surface area (Å²) in [5, 5.41) is 11.9. The number of carbonyl (C=O) groups is 3. The summed E-state index contributed by atoms with van der Waals surface area (Å²) < 4.78 is 22.9. The molecule has 0 aromatic rings. The number of ether oxygens (including phenoxy) is 4. The Kier molecular flexibility index (Phi) is 72.5. The van der Waals surface area contributed by atoms with Crippen molar-refractivity contribution in [2.45, 2.75) is 373 Å². The number of quaternary nitrogens is 1. The molecule has 0 aliphatic rings. The monoisotopic (exact) mass is 1330 g/mol. The van der Waals surface area contributed by atoms with E-state index in [1.165, 1.54) is 244 Å². The van der Waals surface area contributed by atoms with E-state index in [2.05, 4.69) is 123 Å². The zero-order chi connectivity index (χ0) is 69.0.